The maximum Gasteiger partial charge on any atom is 0.241 e. The van der Waals surface area contributed by atoms with Crippen LogP contribution in [0.1, 0.15) is 39.0 Å². The highest BCUT2D eigenvalue weighted by Gasteiger charge is 2.30. The highest BCUT2D eigenvalue weighted by atomic mass is 32.2. The number of nitrogens with two attached hydrogens (primary N) is 1. The van der Waals surface area contributed by atoms with E-state index in [4.69, 9.17) is 10.5 Å². The zero-order chi connectivity index (χ0) is 22.4. The van der Waals surface area contributed by atoms with E-state index in [0.717, 1.165) is 30.0 Å². The van der Waals surface area contributed by atoms with Gasteiger partial charge >= 0.3 is 0 Å². The van der Waals surface area contributed by atoms with Gasteiger partial charge in [-0.05, 0) is 73.2 Å². The van der Waals surface area contributed by atoms with Gasteiger partial charge in [-0.3, -0.25) is 4.79 Å². The monoisotopic (exact) mass is 447 g/mol. The van der Waals surface area contributed by atoms with E-state index in [2.05, 4.69) is 11.6 Å². The molecule has 7 nitrogen and oxygen atoms in total. The van der Waals surface area contributed by atoms with E-state index in [0.29, 0.717) is 44.1 Å². The fourth-order valence-corrected chi connectivity index (χ4v) is 5.19. The second-order valence-corrected chi connectivity index (χ2v) is 10.1. The second kappa shape index (κ2) is 10.4. The van der Waals surface area contributed by atoms with Crippen molar-refractivity contribution >= 4 is 26.7 Å². The first-order chi connectivity index (χ1) is 14.8. The van der Waals surface area contributed by atoms with Gasteiger partial charge in [0.15, 0.2) is 0 Å². The molecule has 1 heterocycles. The molecule has 3 N–H and O–H groups in total. The van der Waals surface area contributed by atoms with Crippen LogP contribution < -0.4 is 15.2 Å². The summed E-state index contributed by atoms with van der Waals surface area (Å²) in [7, 11) is -2.30. The quantitative estimate of drug-likeness (QED) is 0.576. The number of piperidine rings is 1. The molecule has 1 saturated heterocycles. The molecule has 1 atom stereocenters. The fraction of sp³-hybridized carbons (Fsp3) is 0.522. The molecule has 1 fully saturated rings. The van der Waals surface area contributed by atoms with Gasteiger partial charge in [-0.25, -0.2) is 8.42 Å². The largest absolute Gasteiger partial charge is 0.497 e. The zero-order valence-corrected chi connectivity index (χ0v) is 19.2. The predicted molar refractivity (Wildman–Crippen MR) is 122 cm³/mol. The smallest absolute Gasteiger partial charge is 0.241 e. The highest BCUT2D eigenvalue weighted by Crippen LogP contribution is 2.24. The predicted octanol–water partition coefficient (Wildman–Crippen LogP) is 2.88. The number of rotatable bonds is 9. The number of methoxy groups -OCH3 is 1. The lowest BCUT2D eigenvalue weighted by Gasteiger charge is -2.33. The number of unbranched alkanes of at least 4 members (excludes halogenated alkanes) is 1. The van der Waals surface area contributed by atoms with Gasteiger partial charge in [0.2, 0.25) is 15.9 Å². The average molecular weight is 448 g/mol. The number of hydrogen-bond donors (Lipinski definition) is 2. The topological polar surface area (TPSA) is 102 Å². The Morgan fingerprint density at radius 2 is 1.87 bits per heavy atom. The Kier molecular flexibility index (Phi) is 7.91. The van der Waals surface area contributed by atoms with Crippen LogP contribution >= 0.6 is 0 Å². The molecule has 0 aromatic heterocycles. The van der Waals surface area contributed by atoms with E-state index < -0.39 is 16.1 Å². The molecule has 0 radical (unpaired) electrons. The fourth-order valence-electron chi connectivity index (χ4n) is 3.93. The number of amides is 1. The lowest BCUT2D eigenvalue weighted by molar-refractivity contribution is -0.134. The average Bonchev–Trinajstić information content (AvgIpc) is 2.77. The maximum absolute atomic E-state index is 13.2. The molecule has 3 rings (SSSR count). The van der Waals surface area contributed by atoms with Crippen molar-refractivity contribution in [2.75, 3.05) is 26.7 Å². The molecule has 2 aromatic rings. The third kappa shape index (κ3) is 5.96. The van der Waals surface area contributed by atoms with E-state index in [1.165, 1.54) is 0 Å². The third-order valence-corrected chi connectivity index (χ3v) is 7.44. The molecule has 1 aliphatic heterocycles. The van der Waals surface area contributed by atoms with Crippen molar-refractivity contribution in [1.29, 1.82) is 0 Å². The number of hydrogen-bond acceptors (Lipinski definition) is 5. The number of fused-ring (bicyclic) bond motifs is 1. The van der Waals surface area contributed by atoms with Crippen molar-refractivity contribution in [2.24, 2.45) is 11.7 Å². The summed E-state index contributed by atoms with van der Waals surface area (Å²) in [5, 5.41) is 1.68. The molecule has 1 amide bonds. The molecule has 0 spiro atoms. The normalized spacial score (nSPS) is 16.4. The molecular formula is C23H33N3O4S. The van der Waals surface area contributed by atoms with Crippen molar-refractivity contribution < 1.29 is 17.9 Å². The number of carbonyl (C=O) groups excluding carboxylic acids is 1. The van der Waals surface area contributed by atoms with Gasteiger partial charge in [0, 0.05) is 13.1 Å². The van der Waals surface area contributed by atoms with Crippen LogP contribution in [0.2, 0.25) is 0 Å². The minimum Gasteiger partial charge on any atom is -0.497 e. The summed E-state index contributed by atoms with van der Waals surface area (Å²) in [6.07, 6.45) is 3.76. The SMILES string of the molecule is COc1ccc2ccc(S(=O)(=O)N[C@@H](CCCCN)C(=O)N3CCC(C)CC3)cc2c1. The summed E-state index contributed by atoms with van der Waals surface area (Å²) in [4.78, 5) is 15.1. The number of benzene rings is 2. The number of sulfonamides is 1. The number of ether oxygens (including phenoxy) is 1. The van der Waals surface area contributed by atoms with Crippen molar-refractivity contribution in [1.82, 2.24) is 9.62 Å². The number of carbonyl (C=O) groups is 1. The van der Waals surface area contributed by atoms with E-state index >= 15 is 0 Å². The first-order valence-corrected chi connectivity index (χ1v) is 12.4. The summed E-state index contributed by atoms with van der Waals surface area (Å²) >= 11 is 0. The molecule has 1 aliphatic rings. The number of nitrogens with one attached hydrogen (secondary N) is 1. The molecule has 31 heavy (non-hydrogen) atoms. The molecule has 0 unspecified atom stereocenters. The summed E-state index contributed by atoms with van der Waals surface area (Å²) in [5.74, 6) is 1.10. The molecule has 170 valence electrons. The molecular weight excluding hydrogens is 414 g/mol. The van der Waals surface area contributed by atoms with Crippen LogP contribution in [-0.4, -0.2) is 52.0 Å². The van der Waals surface area contributed by atoms with Crippen molar-refractivity contribution in [2.45, 2.75) is 50.0 Å². The van der Waals surface area contributed by atoms with Gasteiger partial charge in [0.1, 0.15) is 11.8 Å². The van der Waals surface area contributed by atoms with Crippen LogP contribution in [0.4, 0.5) is 0 Å². The maximum atomic E-state index is 13.2. The van der Waals surface area contributed by atoms with Crippen molar-refractivity contribution in [3.63, 3.8) is 0 Å². The zero-order valence-electron chi connectivity index (χ0n) is 18.3. The molecule has 2 aromatic carbocycles. The first-order valence-electron chi connectivity index (χ1n) is 10.9. The molecule has 0 bridgehead atoms. The number of nitrogens with zero attached hydrogens (tertiary/aromatic N) is 1. The van der Waals surface area contributed by atoms with Gasteiger partial charge in [0.05, 0.1) is 12.0 Å². The first kappa shape index (κ1) is 23.5. The van der Waals surface area contributed by atoms with E-state index in [1.54, 1.807) is 36.3 Å². The lowest BCUT2D eigenvalue weighted by Crippen LogP contribution is -2.50. The summed E-state index contributed by atoms with van der Waals surface area (Å²) < 4.78 is 34.3. The summed E-state index contributed by atoms with van der Waals surface area (Å²) in [6, 6.07) is 9.68. The van der Waals surface area contributed by atoms with Gasteiger partial charge in [-0.2, -0.15) is 4.72 Å². The standard InChI is InChI=1S/C23H33N3O4S/c1-17-10-13-26(14-11-17)23(27)22(5-3-4-12-24)25-31(28,29)21-9-7-18-6-8-20(30-2)15-19(18)16-21/h6-9,15-17,22,25H,3-5,10-14,24H2,1-2H3/t22-/m0/s1. The summed E-state index contributed by atoms with van der Waals surface area (Å²) in [5.41, 5.74) is 5.60. The Bertz CT molecular complexity index is 1000. The third-order valence-electron chi connectivity index (χ3n) is 5.97. The Hall–Kier alpha value is -2.16. The Balaban J connectivity index is 1.82. The van der Waals surface area contributed by atoms with Crippen LogP contribution in [-0.2, 0) is 14.8 Å². The van der Waals surface area contributed by atoms with E-state index in [-0.39, 0.29) is 10.8 Å². The Morgan fingerprint density at radius 1 is 1.16 bits per heavy atom. The Labute approximate surface area is 185 Å². The van der Waals surface area contributed by atoms with Crippen LogP contribution in [0.15, 0.2) is 41.3 Å². The van der Waals surface area contributed by atoms with Crippen LogP contribution in [0.5, 0.6) is 5.75 Å². The Morgan fingerprint density at radius 3 is 2.55 bits per heavy atom. The van der Waals surface area contributed by atoms with Crippen LogP contribution in [0, 0.1) is 5.92 Å². The van der Waals surface area contributed by atoms with E-state index in [9.17, 15) is 13.2 Å². The van der Waals surface area contributed by atoms with Gasteiger partial charge in [-0.15, -0.1) is 0 Å². The van der Waals surface area contributed by atoms with Gasteiger partial charge in [0.25, 0.3) is 0 Å². The minimum atomic E-state index is -3.87. The summed E-state index contributed by atoms with van der Waals surface area (Å²) in [6.45, 7) is 4.04. The number of likely N-dealkylation sites (tertiary alicyclic amines) is 1. The molecule has 0 aliphatic carbocycles. The van der Waals surface area contributed by atoms with Crippen LogP contribution in [0.25, 0.3) is 10.8 Å². The molecule has 0 saturated carbocycles. The van der Waals surface area contributed by atoms with Gasteiger partial charge < -0.3 is 15.4 Å². The van der Waals surface area contributed by atoms with Crippen LogP contribution in [0.3, 0.4) is 0 Å². The van der Waals surface area contributed by atoms with Crippen molar-refractivity contribution in [3.05, 3.63) is 36.4 Å². The molecule has 8 heteroatoms. The minimum absolute atomic E-state index is 0.136. The lowest BCUT2D eigenvalue weighted by atomic mass is 9.98. The van der Waals surface area contributed by atoms with Crippen molar-refractivity contribution in [3.8, 4) is 5.75 Å². The van der Waals surface area contributed by atoms with E-state index in [1.807, 2.05) is 12.1 Å². The second-order valence-electron chi connectivity index (χ2n) is 8.34. The highest BCUT2D eigenvalue weighted by molar-refractivity contribution is 7.89. The van der Waals surface area contributed by atoms with Gasteiger partial charge in [-0.1, -0.05) is 25.5 Å².